The molecule has 1 heterocycles. The zero-order valence-electron chi connectivity index (χ0n) is 10.1. The molecule has 0 aromatic heterocycles. The molecule has 0 bridgehead atoms. The summed E-state index contributed by atoms with van der Waals surface area (Å²) in [5.74, 6) is 0.471. The first-order valence-corrected chi connectivity index (χ1v) is 7.24. The largest absolute Gasteiger partial charge is 0.506 e. The molecule has 1 fully saturated rings. The second kappa shape index (κ2) is 5.52. The van der Waals surface area contributed by atoms with Gasteiger partial charge in [0, 0.05) is 12.6 Å². The van der Waals surface area contributed by atoms with Gasteiger partial charge in [-0.15, -0.1) is 0 Å². The van der Waals surface area contributed by atoms with Crippen molar-refractivity contribution in [1.82, 2.24) is 4.90 Å². The first-order chi connectivity index (χ1) is 8.93. The van der Waals surface area contributed by atoms with Crippen molar-refractivity contribution in [2.45, 2.75) is 0 Å². The van der Waals surface area contributed by atoms with Crippen molar-refractivity contribution >= 4 is 56.2 Å². The number of aromatic hydroxyl groups is 1. The number of thioether (sulfide) groups is 1. The topological polar surface area (TPSA) is 49.8 Å². The summed E-state index contributed by atoms with van der Waals surface area (Å²) >= 11 is 9.50. The van der Waals surface area contributed by atoms with Gasteiger partial charge in [0.05, 0.1) is 16.5 Å². The van der Waals surface area contributed by atoms with Crippen molar-refractivity contribution in [2.24, 2.45) is 0 Å². The molecule has 0 aliphatic carbocycles. The number of hydrogen-bond acceptors (Lipinski definition) is 5. The van der Waals surface area contributed by atoms with Gasteiger partial charge < -0.3 is 9.84 Å². The maximum Gasteiger partial charge on any atom is 0.265 e. The molecule has 1 aromatic rings. The number of nitrogens with zero attached hydrogens (tertiary/aromatic N) is 1. The Balaban J connectivity index is 2.46. The SMILES string of the molecule is COc1cc(Br)c(O)c(C=C2SC(=S)N(C)C2=O)c1. The average molecular weight is 360 g/mol. The molecule has 0 radical (unpaired) electrons. The van der Waals surface area contributed by atoms with Crippen LogP contribution in [-0.2, 0) is 4.79 Å². The van der Waals surface area contributed by atoms with Gasteiger partial charge in [-0.1, -0.05) is 24.0 Å². The molecule has 1 saturated heterocycles. The van der Waals surface area contributed by atoms with E-state index < -0.39 is 0 Å². The van der Waals surface area contributed by atoms with Crippen molar-refractivity contribution in [3.8, 4) is 11.5 Å². The van der Waals surface area contributed by atoms with Gasteiger partial charge in [0.2, 0.25) is 0 Å². The Morgan fingerprint density at radius 3 is 2.74 bits per heavy atom. The summed E-state index contributed by atoms with van der Waals surface area (Å²) in [6.07, 6.45) is 1.60. The van der Waals surface area contributed by atoms with Crippen LogP contribution >= 0.6 is 39.9 Å². The Labute approximate surface area is 128 Å². The maximum absolute atomic E-state index is 11.9. The Morgan fingerprint density at radius 1 is 1.53 bits per heavy atom. The number of benzene rings is 1. The minimum Gasteiger partial charge on any atom is -0.506 e. The number of likely N-dealkylation sites (N-methyl/N-ethyl adjacent to an activating group) is 1. The van der Waals surface area contributed by atoms with E-state index in [1.54, 1.807) is 25.3 Å². The molecular formula is C12H10BrNO3S2. The number of methoxy groups -OCH3 is 1. The zero-order valence-corrected chi connectivity index (χ0v) is 13.4. The molecule has 19 heavy (non-hydrogen) atoms. The lowest BCUT2D eigenvalue weighted by Gasteiger charge is -2.07. The third-order valence-corrected chi connectivity index (χ3v) is 4.66. The number of phenolic OH excluding ortho intramolecular Hbond substituents is 1. The van der Waals surface area contributed by atoms with Crippen LogP contribution < -0.4 is 4.74 Å². The number of phenols is 1. The van der Waals surface area contributed by atoms with Crippen LogP contribution in [0.2, 0.25) is 0 Å². The van der Waals surface area contributed by atoms with Gasteiger partial charge in [0.1, 0.15) is 15.8 Å². The van der Waals surface area contributed by atoms with Gasteiger partial charge in [-0.05, 0) is 34.1 Å². The fraction of sp³-hybridized carbons (Fsp3) is 0.167. The fourth-order valence-electron chi connectivity index (χ4n) is 1.51. The Bertz CT molecular complexity index is 601. The number of thiocarbonyl (C=S) groups is 1. The van der Waals surface area contributed by atoms with E-state index in [1.807, 2.05) is 0 Å². The number of carbonyl (C=O) groups is 1. The van der Waals surface area contributed by atoms with Gasteiger partial charge in [0.15, 0.2) is 0 Å². The van der Waals surface area contributed by atoms with Crippen LogP contribution in [0.3, 0.4) is 0 Å². The van der Waals surface area contributed by atoms with Crippen molar-refractivity contribution in [2.75, 3.05) is 14.2 Å². The second-order valence-corrected chi connectivity index (χ2v) is 6.32. The Kier molecular flexibility index (Phi) is 4.17. The number of ether oxygens (including phenoxy) is 1. The number of rotatable bonds is 2. The fourth-order valence-corrected chi connectivity index (χ4v) is 3.13. The number of hydrogen-bond donors (Lipinski definition) is 1. The summed E-state index contributed by atoms with van der Waals surface area (Å²) in [5, 5.41) is 9.98. The molecule has 2 rings (SSSR count). The highest BCUT2D eigenvalue weighted by atomic mass is 79.9. The number of carbonyl (C=O) groups excluding carboxylic acids is 1. The molecule has 1 aliphatic heterocycles. The normalized spacial score (nSPS) is 17.4. The third-order valence-electron chi connectivity index (χ3n) is 2.58. The molecule has 1 amide bonds. The minimum atomic E-state index is -0.173. The van der Waals surface area contributed by atoms with Crippen LogP contribution in [0.5, 0.6) is 11.5 Å². The Hall–Kier alpha value is -1.05. The monoisotopic (exact) mass is 359 g/mol. The lowest BCUT2D eigenvalue weighted by atomic mass is 10.1. The number of halogens is 1. The van der Waals surface area contributed by atoms with Gasteiger partial charge in [-0.25, -0.2) is 0 Å². The molecule has 1 N–H and O–H groups in total. The van der Waals surface area contributed by atoms with Crippen LogP contribution in [0.4, 0.5) is 0 Å². The summed E-state index contributed by atoms with van der Waals surface area (Å²) < 4.78 is 6.13. The van der Waals surface area contributed by atoms with E-state index in [4.69, 9.17) is 17.0 Å². The van der Waals surface area contributed by atoms with E-state index in [0.29, 0.717) is 25.0 Å². The third kappa shape index (κ3) is 2.77. The lowest BCUT2D eigenvalue weighted by Crippen LogP contribution is -2.22. The van der Waals surface area contributed by atoms with Crippen molar-refractivity contribution < 1.29 is 14.6 Å². The number of amides is 1. The van der Waals surface area contributed by atoms with E-state index in [2.05, 4.69) is 15.9 Å². The van der Waals surface area contributed by atoms with E-state index in [-0.39, 0.29) is 11.7 Å². The summed E-state index contributed by atoms with van der Waals surface area (Å²) in [4.78, 5) is 13.8. The highest BCUT2D eigenvalue weighted by Gasteiger charge is 2.29. The predicted molar refractivity (Wildman–Crippen MR) is 83.3 cm³/mol. The van der Waals surface area contributed by atoms with Crippen LogP contribution in [0.1, 0.15) is 5.56 Å². The average Bonchev–Trinajstić information content (AvgIpc) is 2.62. The summed E-state index contributed by atoms with van der Waals surface area (Å²) in [7, 11) is 3.16. The first-order valence-electron chi connectivity index (χ1n) is 5.22. The summed E-state index contributed by atoms with van der Waals surface area (Å²) in [6.45, 7) is 0. The predicted octanol–water partition coefficient (Wildman–Crippen LogP) is 2.99. The minimum absolute atomic E-state index is 0.0576. The van der Waals surface area contributed by atoms with Gasteiger partial charge in [0.25, 0.3) is 5.91 Å². The molecular weight excluding hydrogens is 350 g/mol. The molecule has 0 unspecified atom stereocenters. The molecule has 0 atom stereocenters. The standard InChI is InChI=1S/C12H10BrNO3S2/c1-14-11(16)9(19-12(14)18)4-6-3-7(17-2)5-8(13)10(6)15/h3-5,15H,1-2H3. The lowest BCUT2D eigenvalue weighted by molar-refractivity contribution is -0.121. The molecule has 7 heteroatoms. The first kappa shape index (κ1) is 14.4. The van der Waals surface area contributed by atoms with Crippen LogP contribution in [0, 0.1) is 0 Å². The van der Waals surface area contributed by atoms with E-state index in [9.17, 15) is 9.90 Å². The van der Waals surface area contributed by atoms with E-state index in [0.717, 1.165) is 0 Å². The highest BCUT2D eigenvalue weighted by molar-refractivity contribution is 9.10. The maximum atomic E-state index is 11.9. The molecule has 0 spiro atoms. The van der Waals surface area contributed by atoms with Crippen LogP contribution in [-0.4, -0.2) is 34.4 Å². The Morgan fingerprint density at radius 2 is 2.21 bits per heavy atom. The molecule has 1 aromatic carbocycles. The second-order valence-electron chi connectivity index (χ2n) is 3.79. The van der Waals surface area contributed by atoms with Crippen molar-refractivity contribution in [3.05, 3.63) is 27.1 Å². The smallest absolute Gasteiger partial charge is 0.265 e. The van der Waals surface area contributed by atoms with Crippen LogP contribution in [0.15, 0.2) is 21.5 Å². The van der Waals surface area contributed by atoms with E-state index in [1.165, 1.54) is 23.8 Å². The van der Waals surface area contributed by atoms with E-state index >= 15 is 0 Å². The molecule has 0 saturated carbocycles. The highest BCUT2D eigenvalue weighted by Crippen LogP contribution is 2.37. The summed E-state index contributed by atoms with van der Waals surface area (Å²) in [6, 6.07) is 3.31. The molecule has 4 nitrogen and oxygen atoms in total. The van der Waals surface area contributed by atoms with Crippen molar-refractivity contribution in [3.63, 3.8) is 0 Å². The molecule has 100 valence electrons. The summed E-state index contributed by atoms with van der Waals surface area (Å²) in [5.41, 5.74) is 0.500. The quantitative estimate of drug-likeness (QED) is 0.649. The van der Waals surface area contributed by atoms with Gasteiger partial charge in [-0.2, -0.15) is 0 Å². The van der Waals surface area contributed by atoms with Crippen molar-refractivity contribution in [1.29, 1.82) is 0 Å². The zero-order chi connectivity index (χ0) is 14.2. The van der Waals surface area contributed by atoms with Gasteiger partial charge in [-0.3, -0.25) is 9.69 Å². The molecule has 1 aliphatic rings. The van der Waals surface area contributed by atoms with Crippen LogP contribution in [0.25, 0.3) is 6.08 Å². The van der Waals surface area contributed by atoms with Gasteiger partial charge >= 0.3 is 0 Å².